The Kier molecular flexibility index (Phi) is 5.13. The molecule has 92 valence electrons. The number of hydrogen-bond donors (Lipinski definition) is 2. The molecular formula is C12H15ClN2OS. The third-order valence-electron chi connectivity index (χ3n) is 2.24. The normalized spacial score (nSPS) is 13.8. The van der Waals surface area contributed by atoms with Gasteiger partial charge < -0.3 is 10.4 Å². The molecule has 0 bridgehead atoms. The lowest BCUT2D eigenvalue weighted by molar-refractivity contribution is 0.0997. The third kappa shape index (κ3) is 4.12. The van der Waals surface area contributed by atoms with Gasteiger partial charge in [-0.15, -0.1) is 0 Å². The van der Waals surface area contributed by atoms with Crippen molar-refractivity contribution in [3.05, 3.63) is 28.8 Å². The second-order valence-electron chi connectivity index (χ2n) is 4.06. The van der Waals surface area contributed by atoms with Crippen LogP contribution in [0.15, 0.2) is 18.2 Å². The van der Waals surface area contributed by atoms with E-state index < -0.39 is 5.60 Å². The maximum Gasteiger partial charge on any atom is 0.101 e. The lowest BCUT2D eigenvalue weighted by Crippen LogP contribution is -2.36. The van der Waals surface area contributed by atoms with Crippen molar-refractivity contribution < 1.29 is 5.11 Å². The summed E-state index contributed by atoms with van der Waals surface area (Å²) in [5, 5.41) is 22.5. The van der Waals surface area contributed by atoms with Gasteiger partial charge in [0.05, 0.1) is 21.9 Å². The molecule has 0 aliphatic carbocycles. The first-order chi connectivity index (χ1) is 8.00. The van der Waals surface area contributed by atoms with Crippen LogP contribution in [-0.2, 0) is 0 Å². The molecule has 1 rings (SSSR count). The number of anilines is 1. The van der Waals surface area contributed by atoms with Crippen LogP contribution >= 0.6 is 23.4 Å². The molecular weight excluding hydrogens is 256 g/mol. The number of para-hydroxylation sites is 1. The standard InChI is InChI=1S/C12H15ClN2OS/c1-12(16,8-17-2)7-15-11-9(6-14)4-3-5-10(11)13/h3-5,15-16H,7-8H2,1-2H3. The van der Waals surface area contributed by atoms with E-state index in [-0.39, 0.29) is 0 Å². The molecule has 1 atom stereocenters. The molecule has 0 amide bonds. The molecule has 0 aliphatic rings. The number of nitrogens with one attached hydrogen (secondary N) is 1. The molecule has 0 radical (unpaired) electrons. The first-order valence-electron chi connectivity index (χ1n) is 5.14. The zero-order valence-electron chi connectivity index (χ0n) is 9.83. The summed E-state index contributed by atoms with van der Waals surface area (Å²) < 4.78 is 0. The molecule has 0 saturated carbocycles. The Balaban J connectivity index is 2.79. The van der Waals surface area contributed by atoms with Crippen LogP contribution in [-0.4, -0.2) is 29.3 Å². The second kappa shape index (κ2) is 6.15. The highest BCUT2D eigenvalue weighted by molar-refractivity contribution is 7.98. The monoisotopic (exact) mass is 270 g/mol. The molecule has 0 saturated heterocycles. The van der Waals surface area contributed by atoms with E-state index in [1.54, 1.807) is 36.9 Å². The van der Waals surface area contributed by atoms with Gasteiger partial charge in [-0.25, -0.2) is 0 Å². The van der Waals surface area contributed by atoms with Gasteiger partial charge in [-0.1, -0.05) is 17.7 Å². The van der Waals surface area contributed by atoms with Crippen molar-refractivity contribution in [2.75, 3.05) is 23.9 Å². The van der Waals surface area contributed by atoms with E-state index in [0.717, 1.165) is 0 Å². The first-order valence-corrected chi connectivity index (χ1v) is 6.91. The molecule has 1 aromatic rings. The molecule has 0 aromatic heterocycles. The van der Waals surface area contributed by atoms with E-state index in [1.165, 1.54) is 0 Å². The van der Waals surface area contributed by atoms with E-state index in [0.29, 0.717) is 28.6 Å². The SMILES string of the molecule is CSCC(C)(O)CNc1c(Cl)cccc1C#N. The van der Waals surface area contributed by atoms with Crippen LogP contribution < -0.4 is 5.32 Å². The maximum absolute atomic E-state index is 10.0. The lowest BCUT2D eigenvalue weighted by Gasteiger charge is -2.23. The minimum absolute atomic E-state index is 0.353. The maximum atomic E-state index is 10.0. The molecule has 2 N–H and O–H groups in total. The van der Waals surface area contributed by atoms with Crippen molar-refractivity contribution in [2.45, 2.75) is 12.5 Å². The average Bonchev–Trinajstić information content (AvgIpc) is 2.27. The Hall–Kier alpha value is -0.890. The van der Waals surface area contributed by atoms with Crippen molar-refractivity contribution in [1.29, 1.82) is 5.26 Å². The summed E-state index contributed by atoms with van der Waals surface area (Å²) in [6.07, 6.45) is 1.94. The Bertz CT molecular complexity index is 429. The Morgan fingerprint density at radius 2 is 2.29 bits per heavy atom. The van der Waals surface area contributed by atoms with Gasteiger partial charge in [0, 0.05) is 12.3 Å². The van der Waals surface area contributed by atoms with Crippen LogP contribution in [0.2, 0.25) is 5.02 Å². The van der Waals surface area contributed by atoms with Crippen molar-refractivity contribution >= 4 is 29.1 Å². The fraction of sp³-hybridized carbons (Fsp3) is 0.417. The van der Waals surface area contributed by atoms with Gasteiger partial charge in [0.15, 0.2) is 0 Å². The topological polar surface area (TPSA) is 56.0 Å². The Morgan fingerprint density at radius 3 is 2.88 bits per heavy atom. The molecule has 17 heavy (non-hydrogen) atoms. The zero-order valence-corrected chi connectivity index (χ0v) is 11.4. The van der Waals surface area contributed by atoms with Crippen LogP contribution in [0.4, 0.5) is 5.69 Å². The van der Waals surface area contributed by atoms with E-state index >= 15 is 0 Å². The van der Waals surface area contributed by atoms with Crippen LogP contribution in [0.5, 0.6) is 0 Å². The van der Waals surface area contributed by atoms with Crippen molar-refractivity contribution in [3.63, 3.8) is 0 Å². The van der Waals surface area contributed by atoms with Crippen LogP contribution in [0, 0.1) is 11.3 Å². The minimum atomic E-state index is -0.828. The van der Waals surface area contributed by atoms with Crippen LogP contribution in [0.3, 0.4) is 0 Å². The van der Waals surface area contributed by atoms with E-state index in [4.69, 9.17) is 16.9 Å². The summed E-state index contributed by atoms with van der Waals surface area (Å²) in [6, 6.07) is 7.21. The summed E-state index contributed by atoms with van der Waals surface area (Å²) >= 11 is 7.58. The van der Waals surface area contributed by atoms with Crippen molar-refractivity contribution in [1.82, 2.24) is 0 Å². The number of halogens is 1. The third-order valence-corrected chi connectivity index (χ3v) is 3.46. The number of nitrogens with zero attached hydrogens (tertiary/aromatic N) is 1. The predicted molar refractivity (Wildman–Crippen MR) is 73.7 cm³/mol. The molecule has 3 nitrogen and oxygen atoms in total. The number of benzene rings is 1. The van der Waals surface area contributed by atoms with Gasteiger partial charge in [-0.3, -0.25) is 0 Å². The zero-order chi connectivity index (χ0) is 12.9. The minimum Gasteiger partial charge on any atom is -0.387 e. The van der Waals surface area contributed by atoms with Gasteiger partial charge in [-0.05, 0) is 25.3 Å². The molecule has 0 aliphatic heterocycles. The predicted octanol–water partition coefficient (Wildman–Crippen LogP) is 2.74. The lowest BCUT2D eigenvalue weighted by atomic mass is 10.1. The largest absolute Gasteiger partial charge is 0.387 e. The van der Waals surface area contributed by atoms with Gasteiger partial charge in [0.1, 0.15) is 6.07 Å². The number of aliphatic hydroxyl groups is 1. The highest BCUT2D eigenvalue weighted by atomic mass is 35.5. The molecule has 0 fully saturated rings. The fourth-order valence-corrected chi connectivity index (χ4v) is 2.40. The van der Waals surface area contributed by atoms with E-state index in [2.05, 4.69) is 11.4 Å². The van der Waals surface area contributed by atoms with Gasteiger partial charge in [0.2, 0.25) is 0 Å². The van der Waals surface area contributed by atoms with E-state index in [1.807, 2.05) is 6.26 Å². The smallest absolute Gasteiger partial charge is 0.101 e. The Morgan fingerprint density at radius 1 is 1.59 bits per heavy atom. The second-order valence-corrected chi connectivity index (χ2v) is 5.33. The summed E-state index contributed by atoms with van der Waals surface area (Å²) in [6.45, 7) is 2.10. The quantitative estimate of drug-likeness (QED) is 0.864. The van der Waals surface area contributed by atoms with Crippen molar-refractivity contribution in [2.24, 2.45) is 0 Å². The summed E-state index contributed by atoms with van der Waals surface area (Å²) in [7, 11) is 0. The number of hydrogen-bond acceptors (Lipinski definition) is 4. The van der Waals surface area contributed by atoms with Gasteiger partial charge >= 0.3 is 0 Å². The fourth-order valence-electron chi connectivity index (χ4n) is 1.44. The van der Waals surface area contributed by atoms with Crippen molar-refractivity contribution in [3.8, 4) is 6.07 Å². The first kappa shape index (κ1) is 14.2. The van der Waals surface area contributed by atoms with Gasteiger partial charge in [-0.2, -0.15) is 17.0 Å². The molecule has 1 aromatic carbocycles. The highest BCUT2D eigenvalue weighted by Crippen LogP contribution is 2.26. The molecule has 1 unspecified atom stereocenters. The summed E-state index contributed by atoms with van der Waals surface area (Å²) in [5.41, 5.74) is 0.237. The molecule has 5 heteroatoms. The average molecular weight is 271 g/mol. The van der Waals surface area contributed by atoms with E-state index in [9.17, 15) is 5.11 Å². The highest BCUT2D eigenvalue weighted by Gasteiger charge is 2.20. The number of rotatable bonds is 5. The van der Waals surface area contributed by atoms with Crippen LogP contribution in [0.25, 0.3) is 0 Å². The summed E-state index contributed by atoms with van der Waals surface area (Å²) in [5.74, 6) is 0.617. The summed E-state index contributed by atoms with van der Waals surface area (Å²) in [4.78, 5) is 0. The van der Waals surface area contributed by atoms with Gasteiger partial charge in [0.25, 0.3) is 0 Å². The number of thioether (sulfide) groups is 1. The Labute approximate surface area is 111 Å². The van der Waals surface area contributed by atoms with Crippen LogP contribution in [0.1, 0.15) is 12.5 Å². The molecule has 0 spiro atoms. The molecule has 0 heterocycles. The number of nitriles is 1.